The van der Waals surface area contributed by atoms with Gasteiger partial charge in [0.15, 0.2) is 0 Å². The van der Waals surface area contributed by atoms with Gasteiger partial charge in [-0.3, -0.25) is 0 Å². The molecule has 0 nitrogen and oxygen atoms in total. The first-order chi connectivity index (χ1) is 56.3. The molecule has 0 radical (unpaired) electrons. The Hall–Kier alpha value is -13.8. The van der Waals surface area contributed by atoms with Crippen LogP contribution in [-0.2, 0) is 16.2 Å². The lowest BCUT2D eigenvalue weighted by molar-refractivity contribution is 0.660. The van der Waals surface area contributed by atoms with E-state index in [1.165, 1.54) is 231 Å². The number of fused-ring (bicyclic) bond motifs is 16. The van der Waals surface area contributed by atoms with Crippen LogP contribution in [0.1, 0.15) is 74.9 Å². The maximum Gasteiger partial charge on any atom is 0.0159 e. The molecule has 0 heteroatoms. The second-order valence-electron chi connectivity index (χ2n) is 33.6. The predicted molar refractivity (Wildman–Crippen MR) is 492 cm³/mol. The van der Waals surface area contributed by atoms with Crippen LogP contribution in [-0.4, -0.2) is 0 Å². The van der Waals surface area contributed by atoms with E-state index in [4.69, 9.17) is 0 Å². The summed E-state index contributed by atoms with van der Waals surface area (Å²) in [7, 11) is 0. The average molecular weight is 1460 g/mol. The van der Waals surface area contributed by atoms with Gasteiger partial charge in [0.2, 0.25) is 0 Å². The molecule has 0 spiro atoms. The lowest BCUT2D eigenvalue weighted by atomic mass is 9.80. The third-order valence-corrected chi connectivity index (χ3v) is 26.3. The minimum Gasteiger partial charge on any atom is -0.0622 e. The molecular weight excluding hydrogens is 1380 g/mol. The van der Waals surface area contributed by atoms with Gasteiger partial charge in [0.25, 0.3) is 0 Å². The van der Waals surface area contributed by atoms with Crippen LogP contribution in [0, 0.1) is 0 Å². The van der Waals surface area contributed by atoms with Crippen LogP contribution in [0.4, 0.5) is 0 Å². The van der Waals surface area contributed by atoms with Crippen LogP contribution in [0.25, 0.3) is 198 Å². The maximum atomic E-state index is 2.47. The van der Waals surface area contributed by atoms with Crippen molar-refractivity contribution in [1.29, 1.82) is 0 Å². The third kappa shape index (κ3) is 10.6. The van der Waals surface area contributed by atoms with Gasteiger partial charge in [0.05, 0.1) is 0 Å². The normalized spacial score (nSPS) is 13.7. The van der Waals surface area contributed by atoms with Crippen molar-refractivity contribution in [2.75, 3.05) is 0 Å². The highest BCUT2D eigenvalue weighted by Crippen LogP contribution is 2.57. The van der Waals surface area contributed by atoms with E-state index in [1.807, 2.05) is 0 Å². The molecule has 0 bridgehead atoms. The fraction of sp³-hybridized carbons (Fsp3) is 0.0783. The third-order valence-electron chi connectivity index (χ3n) is 26.3. The Morgan fingerprint density at radius 1 is 0.130 bits per heavy atom. The van der Waals surface area contributed by atoms with Gasteiger partial charge in [0, 0.05) is 16.2 Å². The molecule has 0 N–H and O–H groups in total. The summed E-state index contributed by atoms with van der Waals surface area (Å²) in [5.41, 5.74) is 36.4. The van der Waals surface area contributed by atoms with Crippen molar-refractivity contribution in [2.45, 2.75) is 57.8 Å². The molecule has 0 aromatic heterocycles. The quantitative estimate of drug-likeness (QED) is 0.133. The molecule has 0 fully saturated rings. The van der Waals surface area contributed by atoms with Crippen molar-refractivity contribution in [1.82, 2.24) is 0 Å². The van der Waals surface area contributed by atoms with Gasteiger partial charge in [-0.1, -0.05) is 393 Å². The monoisotopic (exact) mass is 1460 g/mol. The van der Waals surface area contributed by atoms with E-state index in [0.29, 0.717) is 0 Å². The lowest BCUT2D eigenvalue weighted by Gasteiger charge is -2.23. The molecule has 0 heterocycles. The number of hydrogen-bond acceptors (Lipinski definition) is 0. The molecular formula is C115H82. The van der Waals surface area contributed by atoms with Gasteiger partial charge in [-0.25, -0.2) is 0 Å². The zero-order chi connectivity index (χ0) is 77.0. The van der Waals surface area contributed by atoms with E-state index in [-0.39, 0.29) is 16.2 Å². The molecule has 0 atom stereocenters. The highest BCUT2D eigenvalue weighted by atomic mass is 14.4. The van der Waals surface area contributed by atoms with Crippen molar-refractivity contribution < 1.29 is 0 Å². The van der Waals surface area contributed by atoms with Gasteiger partial charge in [-0.2, -0.15) is 0 Å². The average Bonchev–Trinajstić information content (AvgIpc) is 1.39. The number of hydrogen-bond donors (Lipinski definition) is 0. The summed E-state index contributed by atoms with van der Waals surface area (Å²) >= 11 is 0. The molecule has 20 aromatic rings. The SMILES string of the molecule is CC1(C)c2ccccc2-c2cc(-c3c4ccccc4c(-c4ccc(-c5ccc6c(c5)C(C)(C)c5ccccc5-6)c5ccccc45)c4ccc(-c5ccccc5)cc34)ccc21.CC1(C)c2ccccc2-c2cc(-c3c4ccccc4c(-c4ccc(-c5ccc6ccccc6c5)c5ccccc45)c4ccc(-c5ccccc5)cc34)ccc21. The van der Waals surface area contributed by atoms with Crippen molar-refractivity contribution in [2.24, 2.45) is 0 Å². The fourth-order valence-corrected chi connectivity index (χ4v) is 20.7. The molecule has 0 saturated carbocycles. The van der Waals surface area contributed by atoms with Crippen molar-refractivity contribution in [3.63, 3.8) is 0 Å². The minimum absolute atomic E-state index is 0.0427. The summed E-state index contributed by atoms with van der Waals surface area (Å²) in [5, 5.41) is 17.7. The van der Waals surface area contributed by atoms with Gasteiger partial charge >= 0.3 is 0 Å². The summed E-state index contributed by atoms with van der Waals surface area (Å²) < 4.78 is 0. The Kier molecular flexibility index (Phi) is 15.5. The van der Waals surface area contributed by atoms with Crippen LogP contribution in [0.5, 0.6) is 0 Å². The molecule has 3 aliphatic rings. The molecule has 0 saturated heterocycles. The van der Waals surface area contributed by atoms with Crippen LogP contribution < -0.4 is 0 Å². The molecule has 20 aromatic carbocycles. The van der Waals surface area contributed by atoms with Gasteiger partial charge in [-0.15, -0.1) is 0 Å². The summed E-state index contributed by atoms with van der Waals surface area (Å²) in [5.74, 6) is 0. The van der Waals surface area contributed by atoms with Gasteiger partial charge in [0.1, 0.15) is 0 Å². The zero-order valence-corrected chi connectivity index (χ0v) is 65.5. The Balaban J connectivity index is 0.000000140. The van der Waals surface area contributed by atoms with E-state index in [2.05, 4.69) is 430 Å². The Morgan fingerprint density at radius 2 is 0.426 bits per heavy atom. The second kappa shape index (κ2) is 26.2. The molecule has 23 rings (SSSR count). The minimum atomic E-state index is -0.0612. The van der Waals surface area contributed by atoms with E-state index in [0.717, 1.165) is 0 Å². The summed E-state index contributed by atoms with van der Waals surface area (Å²) in [6.07, 6.45) is 0. The molecule has 542 valence electrons. The van der Waals surface area contributed by atoms with E-state index in [9.17, 15) is 0 Å². The molecule has 115 heavy (non-hydrogen) atoms. The van der Waals surface area contributed by atoms with E-state index >= 15 is 0 Å². The van der Waals surface area contributed by atoms with Crippen molar-refractivity contribution >= 4 is 75.4 Å². The Morgan fingerprint density at radius 3 is 0.887 bits per heavy atom. The van der Waals surface area contributed by atoms with Crippen LogP contribution in [0.3, 0.4) is 0 Å². The van der Waals surface area contributed by atoms with E-state index < -0.39 is 0 Å². The first-order valence-corrected chi connectivity index (χ1v) is 40.7. The topological polar surface area (TPSA) is 0 Å². The maximum absolute atomic E-state index is 2.47. The van der Waals surface area contributed by atoms with Gasteiger partial charge in [-0.05, 0) is 268 Å². The first kappa shape index (κ1) is 68.1. The Labute approximate surface area is 672 Å². The van der Waals surface area contributed by atoms with Crippen LogP contribution >= 0.6 is 0 Å². The first-order valence-electron chi connectivity index (χ1n) is 40.7. The lowest BCUT2D eigenvalue weighted by Crippen LogP contribution is -2.14. The fourth-order valence-electron chi connectivity index (χ4n) is 20.7. The summed E-state index contributed by atoms with van der Waals surface area (Å²) in [6, 6.07) is 145. The number of rotatable bonds is 8. The molecule has 0 aliphatic heterocycles. The Bertz CT molecular complexity index is 7470. The molecule has 0 unspecified atom stereocenters. The van der Waals surface area contributed by atoms with Crippen LogP contribution in [0.15, 0.2) is 388 Å². The summed E-state index contributed by atoms with van der Waals surface area (Å²) in [6.45, 7) is 14.2. The van der Waals surface area contributed by atoms with Crippen molar-refractivity contribution in [3.8, 4) is 122 Å². The summed E-state index contributed by atoms with van der Waals surface area (Å²) in [4.78, 5) is 0. The van der Waals surface area contributed by atoms with Crippen molar-refractivity contribution in [3.05, 3.63) is 422 Å². The molecule has 3 aliphatic carbocycles. The molecule has 0 amide bonds. The predicted octanol–water partition coefficient (Wildman–Crippen LogP) is 31.7. The van der Waals surface area contributed by atoms with Crippen LogP contribution in [0.2, 0.25) is 0 Å². The standard InChI is InChI=1S/C60H44.C55H38/c1-59(2)54-25-15-13-21-45(54)51-35-40(28-33-55(51)59)57-47-22-10-11-23-48(47)58(50-30-26-38(34-52(50)57)37-16-6-5-7-17-37)49-32-31-41(42-18-8-9-19-43(42)49)39-27-29-46-44-20-12-14-24-53(44)60(3,4)56(46)36-39;1-55(2)51-23-13-12-20-44(51)49-34-40(27-31-52(49)55)53-45-21-10-11-22-46(45)54(48-28-26-38(33-50(48)53)35-14-4-3-5-15-35)47-30-29-41(42-18-8-9-19-43(42)47)39-25-24-36-16-6-7-17-37(36)32-39/h5-36H,1-4H3;3-34H,1-2H3. The highest BCUT2D eigenvalue weighted by molar-refractivity contribution is 6.27. The zero-order valence-electron chi connectivity index (χ0n) is 65.5. The van der Waals surface area contributed by atoms with E-state index in [1.54, 1.807) is 0 Å². The van der Waals surface area contributed by atoms with Gasteiger partial charge < -0.3 is 0 Å². The largest absolute Gasteiger partial charge is 0.0622 e. The second-order valence-corrected chi connectivity index (χ2v) is 33.6. The highest BCUT2D eigenvalue weighted by Gasteiger charge is 2.39. The number of benzene rings is 20. The smallest absolute Gasteiger partial charge is 0.0159 e.